The second kappa shape index (κ2) is 7.68. The molecular weight excluding hydrogens is 503 g/mol. The number of halogens is 4. The predicted molar refractivity (Wildman–Crippen MR) is 124 cm³/mol. The first-order valence-electron chi connectivity index (χ1n) is 9.63. The average Bonchev–Trinajstić information content (AvgIpc) is 3.39. The first-order chi connectivity index (χ1) is 15.3. The lowest BCUT2D eigenvalue weighted by Gasteiger charge is -2.32. The molecule has 0 aliphatic carbocycles. The summed E-state index contributed by atoms with van der Waals surface area (Å²) in [5, 5.41) is 18.9. The Hall–Kier alpha value is -2.75. The molecule has 1 N–H and O–H groups in total. The van der Waals surface area contributed by atoms with Crippen molar-refractivity contribution in [2.45, 2.75) is 18.3 Å². The van der Waals surface area contributed by atoms with Gasteiger partial charge in [-0.1, -0.05) is 70.5 Å². The number of thiazole rings is 1. The van der Waals surface area contributed by atoms with Crippen LogP contribution in [0.25, 0.3) is 22.0 Å². The van der Waals surface area contributed by atoms with Crippen LogP contribution in [0.15, 0.2) is 81.7 Å². The van der Waals surface area contributed by atoms with Gasteiger partial charge in [-0.3, -0.25) is 0 Å². The van der Waals surface area contributed by atoms with Gasteiger partial charge < -0.3 is 5.11 Å². The molecule has 0 fully saturated rings. The van der Waals surface area contributed by atoms with Crippen molar-refractivity contribution < 1.29 is 18.3 Å². The van der Waals surface area contributed by atoms with Gasteiger partial charge in [-0.15, -0.1) is 11.3 Å². The van der Waals surface area contributed by atoms with E-state index in [4.69, 9.17) is 0 Å². The SMILES string of the molecule is O[C@@]1(C(F)(F)F)CC(c2cccc3ccccc23)=NN1c1nc(-c2ccc(Br)cc2)cs1. The lowest BCUT2D eigenvalue weighted by molar-refractivity contribution is -0.254. The summed E-state index contributed by atoms with van der Waals surface area (Å²) in [6.07, 6.45) is -5.63. The van der Waals surface area contributed by atoms with Crippen LogP contribution in [0.4, 0.5) is 18.3 Å². The molecule has 5 rings (SSSR count). The van der Waals surface area contributed by atoms with Crippen LogP contribution in [0, 0.1) is 0 Å². The molecule has 0 saturated heterocycles. The number of nitrogens with zero attached hydrogens (tertiary/aromatic N) is 3. The van der Waals surface area contributed by atoms with Crippen molar-refractivity contribution in [3.05, 3.63) is 82.1 Å². The molecule has 0 amide bonds. The highest BCUT2D eigenvalue weighted by atomic mass is 79.9. The molecule has 0 bridgehead atoms. The number of rotatable bonds is 3. The molecule has 1 aromatic heterocycles. The van der Waals surface area contributed by atoms with Crippen molar-refractivity contribution in [3.8, 4) is 11.3 Å². The normalized spacial score (nSPS) is 18.9. The minimum absolute atomic E-state index is 0.0296. The number of fused-ring (bicyclic) bond motifs is 1. The molecule has 3 aromatic carbocycles. The van der Waals surface area contributed by atoms with E-state index in [0.717, 1.165) is 32.1 Å². The summed E-state index contributed by atoms with van der Waals surface area (Å²) >= 11 is 4.36. The number of hydrogen-bond donors (Lipinski definition) is 1. The number of hydrazone groups is 1. The van der Waals surface area contributed by atoms with Crippen LogP contribution in [0.5, 0.6) is 0 Å². The van der Waals surface area contributed by atoms with Crippen LogP contribution >= 0.6 is 27.3 Å². The number of alkyl halides is 3. The Morgan fingerprint density at radius 1 is 1.00 bits per heavy atom. The molecule has 4 aromatic rings. The van der Waals surface area contributed by atoms with Crippen molar-refractivity contribution in [2.75, 3.05) is 5.01 Å². The predicted octanol–water partition coefficient (Wildman–Crippen LogP) is 6.59. The van der Waals surface area contributed by atoms with Crippen LogP contribution < -0.4 is 5.01 Å². The molecule has 9 heteroatoms. The fourth-order valence-electron chi connectivity index (χ4n) is 3.71. The van der Waals surface area contributed by atoms with Crippen LogP contribution in [0.1, 0.15) is 12.0 Å². The highest BCUT2D eigenvalue weighted by molar-refractivity contribution is 9.10. The van der Waals surface area contributed by atoms with Crippen LogP contribution in [0.3, 0.4) is 0 Å². The summed E-state index contributed by atoms with van der Waals surface area (Å²) in [5.41, 5.74) is -1.21. The Bertz CT molecular complexity index is 1330. The van der Waals surface area contributed by atoms with Crippen molar-refractivity contribution in [2.24, 2.45) is 5.10 Å². The molecule has 162 valence electrons. The summed E-state index contributed by atoms with van der Waals surface area (Å²) < 4.78 is 43.1. The van der Waals surface area contributed by atoms with E-state index in [0.29, 0.717) is 16.3 Å². The second-order valence-electron chi connectivity index (χ2n) is 7.40. The standard InChI is InChI=1S/C23H15BrF3N3OS/c24-16-10-8-15(9-11-16)20-13-32-21(28-20)30-22(31,23(25,26)27)12-19(29-30)18-7-3-5-14-4-1-2-6-17(14)18/h1-11,13,31H,12H2/t22-/m1/s1. The molecule has 1 atom stereocenters. The zero-order valence-electron chi connectivity index (χ0n) is 16.3. The van der Waals surface area contributed by atoms with Crippen molar-refractivity contribution in [1.29, 1.82) is 0 Å². The van der Waals surface area contributed by atoms with E-state index in [-0.39, 0.29) is 10.8 Å². The maximum Gasteiger partial charge on any atom is 0.438 e. The Labute approximate surface area is 193 Å². The van der Waals surface area contributed by atoms with Crippen LogP contribution in [0.2, 0.25) is 0 Å². The van der Waals surface area contributed by atoms with E-state index in [9.17, 15) is 18.3 Å². The summed E-state index contributed by atoms with van der Waals surface area (Å²) in [5.74, 6) is 0. The number of anilines is 1. The van der Waals surface area contributed by atoms with Gasteiger partial charge in [-0.2, -0.15) is 23.3 Å². The van der Waals surface area contributed by atoms with E-state index >= 15 is 0 Å². The van der Waals surface area contributed by atoms with Gasteiger partial charge in [0.15, 0.2) is 0 Å². The van der Waals surface area contributed by atoms with Gasteiger partial charge in [0.25, 0.3) is 5.72 Å². The van der Waals surface area contributed by atoms with Gasteiger partial charge in [-0.25, -0.2) is 4.98 Å². The maximum absolute atomic E-state index is 14.1. The van der Waals surface area contributed by atoms with Gasteiger partial charge in [0.05, 0.1) is 17.8 Å². The third-order valence-corrected chi connectivity index (χ3v) is 6.70. The van der Waals surface area contributed by atoms with E-state index in [1.807, 2.05) is 54.6 Å². The molecule has 0 unspecified atom stereocenters. The van der Waals surface area contributed by atoms with Gasteiger partial charge in [-0.05, 0) is 22.9 Å². The first kappa shape index (κ1) is 21.1. The molecule has 0 radical (unpaired) electrons. The monoisotopic (exact) mass is 517 g/mol. The maximum atomic E-state index is 14.1. The summed E-state index contributed by atoms with van der Waals surface area (Å²) in [6, 6.07) is 20.0. The van der Waals surface area contributed by atoms with E-state index in [1.165, 1.54) is 0 Å². The average molecular weight is 518 g/mol. The first-order valence-corrected chi connectivity index (χ1v) is 11.3. The molecule has 1 aliphatic rings. The molecule has 0 spiro atoms. The smallest absolute Gasteiger partial charge is 0.362 e. The van der Waals surface area contributed by atoms with Crippen molar-refractivity contribution in [3.63, 3.8) is 0 Å². The Balaban J connectivity index is 1.60. The van der Waals surface area contributed by atoms with Crippen molar-refractivity contribution in [1.82, 2.24) is 4.98 Å². The zero-order valence-corrected chi connectivity index (χ0v) is 18.7. The fourth-order valence-corrected chi connectivity index (χ4v) is 4.82. The zero-order chi connectivity index (χ0) is 22.5. The van der Waals surface area contributed by atoms with Crippen LogP contribution in [-0.2, 0) is 0 Å². The van der Waals surface area contributed by atoms with Gasteiger partial charge in [0, 0.05) is 21.0 Å². The van der Waals surface area contributed by atoms with Crippen LogP contribution in [-0.4, -0.2) is 27.7 Å². The molecule has 1 aliphatic heterocycles. The summed E-state index contributed by atoms with van der Waals surface area (Å²) in [7, 11) is 0. The van der Waals surface area contributed by atoms with E-state index in [1.54, 1.807) is 17.5 Å². The quantitative estimate of drug-likeness (QED) is 0.333. The molecule has 4 nitrogen and oxygen atoms in total. The summed E-state index contributed by atoms with van der Waals surface area (Å²) in [4.78, 5) is 4.35. The fraction of sp³-hybridized carbons (Fsp3) is 0.130. The Kier molecular flexibility index (Phi) is 5.07. The van der Waals surface area contributed by atoms with Crippen molar-refractivity contribution >= 4 is 48.9 Å². The minimum atomic E-state index is -4.94. The van der Waals surface area contributed by atoms with E-state index in [2.05, 4.69) is 26.0 Å². The van der Waals surface area contributed by atoms with Gasteiger partial charge in [0.2, 0.25) is 5.13 Å². The molecule has 2 heterocycles. The lowest BCUT2D eigenvalue weighted by atomic mass is 9.96. The lowest BCUT2D eigenvalue weighted by Crippen LogP contribution is -2.55. The summed E-state index contributed by atoms with van der Waals surface area (Å²) in [6.45, 7) is 0. The van der Waals surface area contributed by atoms with E-state index < -0.39 is 18.3 Å². The second-order valence-corrected chi connectivity index (χ2v) is 9.15. The number of hydrogen-bond acceptors (Lipinski definition) is 5. The highest BCUT2D eigenvalue weighted by Gasteiger charge is 2.62. The minimum Gasteiger partial charge on any atom is -0.362 e. The Morgan fingerprint density at radius 3 is 2.47 bits per heavy atom. The third-order valence-electron chi connectivity index (χ3n) is 5.35. The van der Waals surface area contributed by atoms with Gasteiger partial charge >= 0.3 is 6.18 Å². The third kappa shape index (κ3) is 3.50. The van der Waals surface area contributed by atoms with Gasteiger partial charge in [0.1, 0.15) is 0 Å². The highest BCUT2D eigenvalue weighted by Crippen LogP contribution is 2.45. The molecule has 32 heavy (non-hydrogen) atoms. The number of aromatic nitrogens is 1. The number of aliphatic hydroxyl groups is 1. The molecular formula is C23H15BrF3N3OS. The molecule has 0 saturated carbocycles. The Morgan fingerprint density at radius 2 is 1.72 bits per heavy atom. The number of benzene rings is 3. The topological polar surface area (TPSA) is 48.7 Å². The largest absolute Gasteiger partial charge is 0.438 e.